The maximum atomic E-state index is 9.03. The van der Waals surface area contributed by atoms with Crippen LogP contribution in [-0.4, -0.2) is 22.8 Å². The zero-order valence-corrected chi connectivity index (χ0v) is 6.83. The van der Waals surface area contributed by atoms with Crippen molar-refractivity contribution in [2.24, 2.45) is 0 Å². The van der Waals surface area contributed by atoms with Crippen LogP contribution in [0.2, 0.25) is 0 Å². The highest BCUT2D eigenvalue weighted by Gasteiger charge is 2.33. The van der Waals surface area contributed by atoms with Crippen LogP contribution in [0.1, 0.15) is 11.9 Å². The molecule has 2 N–H and O–H groups in total. The summed E-state index contributed by atoms with van der Waals surface area (Å²) in [5.41, 5.74) is 0.776. The predicted octanol–water partition coefficient (Wildman–Crippen LogP) is 0.369. The van der Waals surface area contributed by atoms with Crippen molar-refractivity contribution in [3.05, 3.63) is 35.9 Å². The van der Waals surface area contributed by atoms with Crippen LogP contribution in [0.5, 0.6) is 0 Å². The van der Waals surface area contributed by atoms with Gasteiger partial charge in [-0.1, -0.05) is 30.3 Å². The Morgan fingerprint density at radius 1 is 0.923 bits per heavy atom. The number of ether oxygens (including phenoxy) is 2. The third-order valence-corrected chi connectivity index (χ3v) is 1.84. The van der Waals surface area contributed by atoms with Crippen molar-refractivity contribution in [3.8, 4) is 0 Å². The topological polar surface area (TPSA) is 58.9 Å². The molecule has 1 aromatic rings. The molecule has 0 saturated carbocycles. The first-order valence-corrected chi connectivity index (χ1v) is 3.99. The van der Waals surface area contributed by atoms with Crippen molar-refractivity contribution < 1.29 is 19.7 Å². The molecule has 1 saturated heterocycles. The van der Waals surface area contributed by atoms with E-state index in [1.165, 1.54) is 0 Å². The Kier molecular flexibility index (Phi) is 2.28. The van der Waals surface area contributed by atoms with Gasteiger partial charge in [-0.25, -0.2) is 0 Å². The van der Waals surface area contributed by atoms with Gasteiger partial charge in [-0.05, 0) is 0 Å². The molecule has 70 valence electrons. The largest absolute Gasteiger partial charge is 0.364 e. The molecule has 2 atom stereocenters. The molecule has 0 radical (unpaired) electrons. The Hall–Kier alpha value is -0.940. The van der Waals surface area contributed by atoms with Crippen LogP contribution in [0.15, 0.2) is 30.3 Å². The number of benzene rings is 1. The molecule has 1 fully saturated rings. The first-order chi connectivity index (χ1) is 6.27. The van der Waals surface area contributed by atoms with E-state index in [1.807, 2.05) is 18.2 Å². The summed E-state index contributed by atoms with van der Waals surface area (Å²) in [6, 6.07) is 9.13. The molecule has 4 nitrogen and oxygen atoms in total. The summed E-state index contributed by atoms with van der Waals surface area (Å²) >= 11 is 0. The van der Waals surface area contributed by atoms with Gasteiger partial charge in [0, 0.05) is 5.56 Å². The van der Waals surface area contributed by atoms with Gasteiger partial charge >= 0.3 is 0 Å². The minimum absolute atomic E-state index is 0.675. The zero-order valence-electron chi connectivity index (χ0n) is 6.83. The second kappa shape index (κ2) is 3.43. The Bertz CT molecular complexity index is 264. The third kappa shape index (κ3) is 1.71. The maximum absolute atomic E-state index is 9.03. The number of aliphatic hydroxyl groups excluding tert-OH is 2. The molecule has 0 aliphatic carbocycles. The number of rotatable bonds is 1. The second-order valence-corrected chi connectivity index (χ2v) is 2.80. The smallest absolute Gasteiger partial charge is 0.209 e. The summed E-state index contributed by atoms with van der Waals surface area (Å²) in [5.74, 6) is 0. The van der Waals surface area contributed by atoms with Crippen LogP contribution in [0.25, 0.3) is 0 Å². The molecule has 2 unspecified atom stereocenters. The van der Waals surface area contributed by atoms with Gasteiger partial charge < -0.3 is 19.7 Å². The molecule has 1 aliphatic rings. The van der Waals surface area contributed by atoms with Crippen LogP contribution >= 0.6 is 0 Å². The monoisotopic (exact) mass is 182 g/mol. The Balaban J connectivity index is 2.12. The lowest BCUT2D eigenvalue weighted by Gasteiger charge is -2.07. The van der Waals surface area contributed by atoms with Crippen molar-refractivity contribution in [1.29, 1.82) is 0 Å². The molecule has 4 heteroatoms. The van der Waals surface area contributed by atoms with Gasteiger partial charge in [-0.3, -0.25) is 0 Å². The zero-order chi connectivity index (χ0) is 9.26. The van der Waals surface area contributed by atoms with Crippen LogP contribution in [-0.2, 0) is 9.47 Å². The van der Waals surface area contributed by atoms with E-state index in [0.717, 1.165) is 5.56 Å². The lowest BCUT2D eigenvalue weighted by atomic mass is 10.2. The minimum Gasteiger partial charge on any atom is -0.364 e. The van der Waals surface area contributed by atoms with E-state index in [2.05, 4.69) is 0 Å². The summed E-state index contributed by atoms with van der Waals surface area (Å²) < 4.78 is 9.89. The average Bonchev–Trinajstić information content (AvgIpc) is 2.49. The Labute approximate surface area is 75.3 Å². The van der Waals surface area contributed by atoms with Gasteiger partial charge in [-0.2, -0.15) is 0 Å². The van der Waals surface area contributed by atoms with Gasteiger partial charge in [-0.15, -0.1) is 0 Å². The molecule has 1 aliphatic heterocycles. The van der Waals surface area contributed by atoms with E-state index < -0.39 is 18.9 Å². The molecule has 1 aromatic carbocycles. The molecule has 13 heavy (non-hydrogen) atoms. The standard InChI is InChI=1S/C9H10O4/c10-7-8(11)13-9(12-7)6-4-2-1-3-5-6/h1-5,7-11H. The van der Waals surface area contributed by atoms with Crippen LogP contribution in [0, 0.1) is 0 Å². The van der Waals surface area contributed by atoms with Crippen LogP contribution in [0.4, 0.5) is 0 Å². The summed E-state index contributed by atoms with van der Waals surface area (Å²) in [6.45, 7) is 0. The van der Waals surface area contributed by atoms with E-state index in [0.29, 0.717) is 0 Å². The van der Waals surface area contributed by atoms with E-state index in [-0.39, 0.29) is 0 Å². The van der Waals surface area contributed by atoms with E-state index in [9.17, 15) is 0 Å². The van der Waals surface area contributed by atoms with Crippen LogP contribution < -0.4 is 0 Å². The van der Waals surface area contributed by atoms with Crippen molar-refractivity contribution in [2.75, 3.05) is 0 Å². The lowest BCUT2D eigenvalue weighted by Crippen LogP contribution is -2.20. The molecule has 2 rings (SSSR count). The highest BCUT2D eigenvalue weighted by Crippen LogP contribution is 2.28. The van der Waals surface area contributed by atoms with Gasteiger partial charge in [0.2, 0.25) is 12.6 Å². The van der Waals surface area contributed by atoms with Gasteiger partial charge in [0.25, 0.3) is 0 Å². The second-order valence-electron chi connectivity index (χ2n) is 2.80. The Morgan fingerprint density at radius 2 is 1.46 bits per heavy atom. The third-order valence-electron chi connectivity index (χ3n) is 1.84. The highest BCUT2D eigenvalue weighted by molar-refractivity contribution is 5.16. The fourth-order valence-electron chi connectivity index (χ4n) is 1.19. The van der Waals surface area contributed by atoms with Crippen LogP contribution in [0.3, 0.4) is 0 Å². The molecule has 0 amide bonds. The maximum Gasteiger partial charge on any atom is 0.209 e. The van der Waals surface area contributed by atoms with Crippen molar-refractivity contribution in [3.63, 3.8) is 0 Å². The van der Waals surface area contributed by atoms with Gasteiger partial charge in [0.15, 0.2) is 6.29 Å². The van der Waals surface area contributed by atoms with Gasteiger partial charge in [0.05, 0.1) is 0 Å². The first kappa shape index (κ1) is 8.65. The molecule has 1 heterocycles. The fraction of sp³-hybridized carbons (Fsp3) is 0.333. The average molecular weight is 182 g/mol. The van der Waals surface area contributed by atoms with Crippen molar-refractivity contribution in [2.45, 2.75) is 18.9 Å². The molecule has 0 bridgehead atoms. The summed E-state index contributed by atoms with van der Waals surface area (Å²) in [4.78, 5) is 0. The summed E-state index contributed by atoms with van der Waals surface area (Å²) in [5, 5.41) is 18.1. The quantitative estimate of drug-likeness (QED) is 0.658. The molecular formula is C9H10O4. The predicted molar refractivity (Wildman–Crippen MR) is 43.4 cm³/mol. The number of hydrogen-bond donors (Lipinski definition) is 2. The fourth-order valence-corrected chi connectivity index (χ4v) is 1.19. The molecular weight excluding hydrogens is 172 g/mol. The van der Waals surface area contributed by atoms with Crippen molar-refractivity contribution >= 4 is 0 Å². The number of hydrogen-bond acceptors (Lipinski definition) is 4. The normalized spacial score (nSPS) is 33.5. The lowest BCUT2D eigenvalue weighted by molar-refractivity contribution is -0.133. The summed E-state index contributed by atoms with van der Waals surface area (Å²) in [7, 11) is 0. The van der Waals surface area contributed by atoms with E-state index in [1.54, 1.807) is 12.1 Å². The molecule has 0 aromatic heterocycles. The molecule has 0 spiro atoms. The van der Waals surface area contributed by atoms with Gasteiger partial charge in [0.1, 0.15) is 0 Å². The minimum atomic E-state index is -1.26. The Morgan fingerprint density at radius 3 is 2.00 bits per heavy atom. The van der Waals surface area contributed by atoms with E-state index in [4.69, 9.17) is 19.7 Å². The SMILES string of the molecule is OC1OC(c2ccccc2)OC1O. The van der Waals surface area contributed by atoms with Crippen molar-refractivity contribution in [1.82, 2.24) is 0 Å². The first-order valence-electron chi connectivity index (χ1n) is 3.99. The highest BCUT2D eigenvalue weighted by atomic mass is 16.8. The van der Waals surface area contributed by atoms with E-state index >= 15 is 0 Å². The number of aliphatic hydroxyl groups is 2. The summed E-state index contributed by atoms with van der Waals surface area (Å²) in [6.07, 6.45) is -3.19.